The number of thiazole rings is 1. The van der Waals surface area contributed by atoms with Crippen molar-refractivity contribution in [3.8, 4) is 0 Å². The maximum atomic E-state index is 12.5. The average Bonchev–Trinajstić information content (AvgIpc) is 3.15. The minimum absolute atomic E-state index is 0.225. The highest BCUT2D eigenvalue weighted by molar-refractivity contribution is 7.09. The van der Waals surface area contributed by atoms with Gasteiger partial charge in [0.05, 0.1) is 17.1 Å². The van der Waals surface area contributed by atoms with Gasteiger partial charge in [0, 0.05) is 30.4 Å². The van der Waals surface area contributed by atoms with E-state index in [1.807, 2.05) is 24.7 Å². The van der Waals surface area contributed by atoms with E-state index in [1.54, 1.807) is 11.3 Å². The monoisotopic (exact) mass is 315 g/mol. The van der Waals surface area contributed by atoms with Crippen molar-refractivity contribution in [1.29, 1.82) is 0 Å². The van der Waals surface area contributed by atoms with E-state index in [2.05, 4.69) is 27.0 Å². The Balaban J connectivity index is 1.56. The van der Waals surface area contributed by atoms with Gasteiger partial charge in [0.25, 0.3) is 0 Å². The van der Waals surface area contributed by atoms with Gasteiger partial charge in [-0.15, -0.1) is 11.3 Å². The van der Waals surface area contributed by atoms with Gasteiger partial charge in [0.15, 0.2) is 0 Å². The SMILES string of the molecule is Cc1nc(CC(=O)N2CCC[C@H]2CCc2ccncc2)cs1. The molecular formula is C17H21N3OS. The van der Waals surface area contributed by atoms with Crippen LogP contribution in [0, 0.1) is 6.92 Å². The first-order valence-electron chi connectivity index (χ1n) is 7.82. The lowest BCUT2D eigenvalue weighted by Gasteiger charge is -2.24. The first-order valence-corrected chi connectivity index (χ1v) is 8.70. The molecule has 1 fully saturated rings. The van der Waals surface area contributed by atoms with Crippen LogP contribution in [-0.4, -0.2) is 33.4 Å². The molecule has 0 radical (unpaired) electrons. The van der Waals surface area contributed by atoms with E-state index in [9.17, 15) is 4.79 Å². The first kappa shape index (κ1) is 15.2. The number of pyridine rings is 1. The molecule has 2 aromatic rings. The Labute approximate surface area is 135 Å². The molecular weight excluding hydrogens is 294 g/mol. The topological polar surface area (TPSA) is 46.1 Å². The van der Waals surface area contributed by atoms with E-state index in [1.165, 1.54) is 5.56 Å². The van der Waals surface area contributed by atoms with Crippen molar-refractivity contribution in [2.75, 3.05) is 6.54 Å². The molecule has 3 rings (SSSR count). The zero-order chi connectivity index (χ0) is 15.4. The summed E-state index contributed by atoms with van der Waals surface area (Å²) in [4.78, 5) is 23.0. The molecule has 116 valence electrons. The molecule has 0 bridgehead atoms. The third-order valence-corrected chi connectivity index (χ3v) is 5.03. The van der Waals surface area contributed by atoms with Gasteiger partial charge >= 0.3 is 0 Å². The van der Waals surface area contributed by atoms with Gasteiger partial charge in [-0.2, -0.15) is 0 Å². The lowest BCUT2D eigenvalue weighted by molar-refractivity contribution is -0.131. The third-order valence-electron chi connectivity index (χ3n) is 4.21. The first-order chi connectivity index (χ1) is 10.7. The van der Waals surface area contributed by atoms with Crippen LogP contribution in [0.25, 0.3) is 0 Å². The quantitative estimate of drug-likeness (QED) is 0.852. The molecule has 2 aromatic heterocycles. The van der Waals surface area contributed by atoms with Gasteiger partial charge in [-0.25, -0.2) is 4.98 Å². The molecule has 5 heteroatoms. The number of hydrogen-bond acceptors (Lipinski definition) is 4. The molecule has 4 nitrogen and oxygen atoms in total. The molecule has 1 amide bonds. The Bertz CT molecular complexity index is 626. The maximum absolute atomic E-state index is 12.5. The maximum Gasteiger partial charge on any atom is 0.228 e. The molecule has 1 saturated heterocycles. The standard InChI is InChI=1S/C17H21N3OS/c1-13-19-15(12-22-13)11-17(21)20-10-2-3-16(20)5-4-14-6-8-18-9-7-14/h6-9,12,16H,2-5,10-11H2,1H3/t16-/m0/s1. The van der Waals surface area contributed by atoms with Gasteiger partial charge in [-0.3, -0.25) is 9.78 Å². The van der Waals surface area contributed by atoms with Crippen LogP contribution in [-0.2, 0) is 17.6 Å². The van der Waals surface area contributed by atoms with Crippen molar-refractivity contribution in [3.05, 3.63) is 46.2 Å². The fraction of sp³-hybridized carbons (Fsp3) is 0.471. The van der Waals surface area contributed by atoms with Crippen molar-refractivity contribution < 1.29 is 4.79 Å². The minimum atomic E-state index is 0.225. The summed E-state index contributed by atoms with van der Waals surface area (Å²) in [5.41, 5.74) is 2.21. The summed E-state index contributed by atoms with van der Waals surface area (Å²) in [6.07, 6.45) is 8.37. The minimum Gasteiger partial charge on any atom is -0.339 e. The zero-order valence-corrected chi connectivity index (χ0v) is 13.7. The van der Waals surface area contributed by atoms with Crippen molar-refractivity contribution in [3.63, 3.8) is 0 Å². The number of likely N-dealkylation sites (tertiary alicyclic amines) is 1. The lowest BCUT2D eigenvalue weighted by Crippen LogP contribution is -2.36. The van der Waals surface area contributed by atoms with Crippen LogP contribution in [0.15, 0.2) is 29.9 Å². The number of aryl methyl sites for hydroxylation is 2. The van der Waals surface area contributed by atoms with Crippen LogP contribution in [0.4, 0.5) is 0 Å². The number of rotatable bonds is 5. The summed E-state index contributed by atoms with van der Waals surface area (Å²) in [5.74, 6) is 0.225. The Morgan fingerprint density at radius 2 is 2.23 bits per heavy atom. The van der Waals surface area contributed by atoms with Crippen LogP contribution >= 0.6 is 11.3 Å². The number of carbonyl (C=O) groups excluding carboxylic acids is 1. The van der Waals surface area contributed by atoms with Crippen LogP contribution in [0.5, 0.6) is 0 Å². The second kappa shape index (κ2) is 7.01. The number of amides is 1. The van der Waals surface area contributed by atoms with Crippen LogP contribution in [0.2, 0.25) is 0 Å². The summed E-state index contributed by atoms with van der Waals surface area (Å²) in [6.45, 7) is 2.87. The number of carbonyl (C=O) groups is 1. The molecule has 3 heterocycles. The molecule has 0 spiro atoms. The highest BCUT2D eigenvalue weighted by Gasteiger charge is 2.28. The zero-order valence-electron chi connectivity index (χ0n) is 12.9. The van der Waals surface area contributed by atoms with Gasteiger partial charge in [-0.1, -0.05) is 0 Å². The second-order valence-electron chi connectivity index (χ2n) is 5.81. The molecule has 1 aliphatic rings. The second-order valence-corrected chi connectivity index (χ2v) is 6.87. The fourth-order valence-electron chi connectivity index (χ4n) is 3.09. The van der Waals surface area contributed by atoms with Crippen LogP contribution < -0.4 is 0 Å². The van der Waals surface area contributed by atoms with Crippen molar-refractivity contribution >= 4 is 17.2 Å². The predicted molar refractivity (Wildman–Crippen MR) is 87.8 cm³/mol. The highest BCUT2D eigenvalue weighted by Crippen LogP contribution is 2.23. The summed E-state index contributed by atoms with van der Waals surface area (Å²) in [7, 11) is 0. The van der Waals surface area contributed by atoms with Gasteiger partial charge in [0.2, 0.25) is 5.91 Å². The van der Waals surface area contributed by atoms with Gasteiger partial charge in [0.1, 0.15) is 0 Å². The Hall–Kier alpha value is -1.75. The summed E-state index contributed by atoms with van der Waals surface area (Å²) >= 11 is 1.61. The van der Waals surface area contributed by atoms with Crippen LogP contribution in [0.1, 0.15) is 35.5 Å². The Morgan fingerprint density at radius 3 is 2.95 bits per heavy atom. The number of nitrogens with zero attached hydrogens (tertiary/aromatic N) is 3. The number of hydrogen-bond donors (Lipinski definition) is 0. The van der Waals surface area contributed by atoms with E-state index in [0.717, 1.165) is 42.9 Å². The van der Waals surface area contributed by atoms with Crippen molar-refractivity contribution in [2.45, 2.75) is 45.1 Å². The fourth-order valence-corrected chi connectivity index (χ4v) is 3.71. The molecule has 0 aliphatic carbocycles. The smallest absolute Gasteiger partial charge is 0.228 e. The van der Waals surface area contributed by atoms with E-state index in [4.69, 9.17) is 0 Å². The van der Waals surface area contributed by atoms with Gasteiger partial charge in [-0.05, 0) is 50.3 Å². The van der Waals surface area contributed by atoms with Gasteiger partial charge < -0.3 is 4.90 Å². The highest BCUT2D eigenvalue weighted by atomic mass is 32.1. The summed E-state index contributed by atoms with van der Waals surface area (Å²) < 4.78 is 0. The Kier molecular flexibility index (Phi) is 4.83. The molecule has 1 atom stereocenters. The predicted octanol–water partition coefficient (Wildman–Crippen LogP) is 3.01. The van der Waals surface area contributed by atoms with Crippen LogP contribution in [0.3, 0.4) is 0 Å². The summed E-state index contributed by atoms with van der Waals surface area (Å²) in [5, 5.41) is 3.02. The molecule has 22 heavy (non-hydrogen) atoms. The normalized spacial score (nSPS) is 17.9. The van der Waals surface area contributed by atoms with E-state index in [-0.39, 0.29) is 5.91 Å². The molecule has 0 N–H and O–H groups in total. The molecule has 1 aliphatic heterocycles. The summed E-state index contributed by atoms with van der Waals surface area (Å²) in [6, 6.07) is 4.48. The molecule has 0 saturated carbocycles. The lowest BCUT2D eigenvalue weighted by atomic mass is 10.0. The van der Waals surface area contributed by atoms with Crippen molar-refractivity contribution in [1.82, 2.24) is 14.9 Å². The largest absolute Gasteiger partial charge is 0.339 e. The van der Waals surface area contributed by atoms with Crippen molar-refractivity contribution in [2.24, 2.45) is 0 Å². The molecule has 0 aromatic carbocycles. The average molecular weight is 315 g/mol. The molecule has 0 unspecified atom stereocenters. The number of aromatic nitrogens is 2. The van der Waals surface area contributed by atoms with E-state index >= 15 is 0 Å². The Morgan fingerprint density at radius 1 is 1.41 bits per heavy atom. The van der Waals surface area contributed by atoms with E-state index in [0.29, 0.717) is 12.5 Å². The third kappa shape index (κ3) is 3.71. The van der Waals surface area contributed by atoms with E-state index < -0.39 is 0 Å².